The molecular weight excluding hydrogens is 330 g/mol. The second-order valence-corrected chi connectivity index (χ2v) is 5.83. The lowest BCUT2D eigenvalue weighted by molar-refractivity contribution is -0.286. The van der Waals surface area contributed by atoms with E-state index >= 15 is 0 Å². The summed E-state index contributed by atoms with van der Waals surface area (Å²) in [6.45, 7) is 1.91. The van der Waals surface area contributed by atoms with Crippen molar-refractivity contribution >= 4 is 22.5 Å². The van der Waals surface area contributed by atoms with Gasteiger partial charge in [-0.25, -0.2) is 0 Å². The number of carbonyl (C=O) groups excluding carboxylic acids is 1. The summed E-state index contributed by atoms with van der Waals surface area (Å²) in [5, 5.41) is 3.68. The normalized spacial score (nSPS) is 14.7. The topological polar surface area (TPSA) is 63.4 Å². The fourth-order valence-corrected chi connectivity index (χ4v) is 2.96. The molecule has 0 saturated carbocycles. The molecule has 0 bridgehead atoms. The number of alkyl halides is 2. The standard InChI is InChI=1S/C18H14F2N2O3/c1-10-13(12-4-2-3-5-14(12)21-10)9-17(23)22-11-6-7-15-16(8-11)25-18(19,20)24-15/h2-8,21H,9H2,1H3,(H,22,23). The third-order valence-corrected chi connectivity index (χ3v) is 4.05. The molecule has 0 fully saturated rings. The number of aryl methyl sites for hydroxylation is 1. The SMILES string of the molecule is Cc1[nH]c2ccccc2c1CC(=O)Nc1ccc2c(c1)OC(F)(F)O2. The van der Waals surface area contributed by atoms with Gasteiger partial charge in [-0.05, 0) is 30.7 Å². The van der Waals surface area contributed by atoms with E-state index < -0.39 is 6.29 Å². The third kappa shape index (κ3) is 2.88. The monoisotopic (exact) mass is 344 g/mol. The maximum absolute atomic E-state index is 13.0. The molecule has 128 valence electrons. The van der Waals surface area contributed by atoms with Crippen LogP contribution in [0.2, 0.25) is 0 Å². The van der Waals surface area contributed by atoms with Crippen LogP contribution in [0.1, 0.15) is 11.3 Å². The lowest BCUT2D eigenvalue weighted by Gasteiger charge is -2.06. The van der Waals surface area contributed by atoms with Crippen LogP contribution >= 0.6 is 0 Å². The molecule has 1 aliphatic rings. The van der Waals surface area contributed by atoms with Gasteiger partial charge in [0.1, 0.15) is 0 Å². The van der Waals surface area contributed by atoms with Gasteiger partial charge in [0.2, 0.25) is 5.91 Å². The molecule has 2 heterocycles. The Morgan fingerprint density at radius 1 is 1.16 bits per heavy atom. The number of rotatable bonds is 3. The molecule has 1 aromatic heterocycles. The van der Waals surface area contributed by atoms with E-state index in [0.717, 1.165) is 22.2 Å². The first-order valence-corrected chi connectivity index (χ1v) is 7.67. The molecule has 0 unspecified atom stereocenters. The Hall–Kier alpha value is -3.09. The highest BCUT2D eigenvalue weighted by Gasteiger charge is 2.43. The number of fused-ring (bicyclic) bond motifs is 2. The molecule has 4 rings (SSSR count). The van der Waals surface area contributed by atoms with Gasteiger partial charge in [-0.15, -0.1) is 8.78 Å². The summed E-state index contributed by atoms with van der Waals surface area (Å²) in [4.78, 5) is 15.6. The summed E-state index contributed by atoms with van der Waals surface area (Å²) in [6, 6.07) is 11.9. The Kier molecular flexibility index (Phi) is 3.38. The number of aromatic amines is 1. The number of benzene rings is 2. The fraction of sp³-hybridized carbons (Fsp3) is 0.167. The van der Waals surface area contributed by atoms with E-state index in [0.29, 0.717) is 5.69 Å². The van der Waals surface area contributed by atoms with Crippen LogP contribution in [-0.2, 0) is 11.2 Å². The number of para-hydroxylation sites is 1. The molecule has 0 atom stereocenters. The average molecular weight is 344 g/mol. The third-order valence-electron chi connectivity index (χ3n) is 4.05. The van der Waals surface area contributed by atoms with Crippen LogP contribution in [0.15, 0.2) is 42.5 Å². The summed E-state index contributed by atoms with van der Waals surface area (Å²) < 4.78 is 34.8. The van der Waals surface area contributed by atoms with Gasteiger partial charge < -0.3 is 19.8 Å². The van der Waals surface area contributed by atoms with Gasteiger partial charge in [0, 0.05) is 28.4 Å². The maximum atomic E-state index is 13.0. The van der Waals surface area contributed by atoms with Crippen LogP contribution in [0.5, 0.6) is 11.5 Å². The fourth-order valence-electron chi connectivity index (χ4n) is 2.96. The molecule has 25 heavy (non-hydrogen) atoms. The van der Waals surface area contributed by atoms with Crippen molar-refractivity contribution in [3.63, 3.8) is 0 Å². The summed E-state index contributed by atoms with van der Waals surface area (Å²) in [5.74, 6) is -0.417. The highest BCUT2D eigenvalue weighted by molar-refractivity contribution is 5.96. The van der Waals surface area contributed by atoms with E-state index in [1.807, 2.05) is 31.2 Å². The van der Waals surface area contributed by atoms with E-state index in [1.54, 1.807) is 0 Å². The summed E-state index contributed by atoms with van der Waals surface area (Å²) >= 11 is 0. The smallest absolute Gasteiger partial charge is 0.395 e. The number of hydrogen-bond donors (Lipinski definition) is 2. The first-order valence-electron chi connectivity index (χ1n) is 7.67. The number of carbonyl (C=O) groups is 1. The van der Waals surface area contributed by atoms with Crippen molar-refractivity contribution in [3.05, 3.63) is 53.7 Å². The molecule has 5 nitrogen and oxygen atoms in total. The Bertz CT molecular complexity index is 982. The van der Waals surface area contributed by atoms with E-state index in [-0.39, 0.29) is 23.8 Å². The van der Waals surface area contributed by atoms with Crippen molar-refractivity contribution in [2.75, 3.05) is 5.32 Å². The van der Waals surface area contributed by atoms with Gasteiger partial charge in [0.05, 0.1) is 6.42 Å². The highest BCUT2D eigenvalue weighted by atomic mass is 19.3. The van der Waals surface area contributed by atoms with Crippen LogP contribution < -0.4 is 14.8 Å². The molecule has 1 amide bonds. The molecule has 0 radical (unpaired) electrons. The minimum Gasteiger partial charge on any atom is -0.395 e. The number of H-pyrrole nitrogens is 1. The first-order chi connectivity index (χ1) is 11.9. The van der Waals surface area contributed by atoms with E-state index in [2.05, 4.69) is 19.8 Å². The zero-order chi connectivity index (χ0) is 17.6. The van der Waals surface area contributed by atoms with Gasteiger partial charge in [-0.1, -0.05) is 18.2 Å². The second-order valence-electron chi connectivity index (χ2n) is 5.83. The number of anilines is 1. The first kappa shape index (κ1) is 15.4. The van der Waals surface area contributed by atoms with Crippen LogP contribution in [0.4, 0.5) is 14.5 Å². The van der Waals surface area contributed by atoms with Crippen molar-refractivity contribution < 1.29 is 23.0 Å². The maximum Gasteiger partial charge on any atom is 0.586 e. The molecule has 0 spiro atoms. The van der Waals surface area contributed by atoms with Gasteiger partial charge >= 0.3 is 6.29 Å². The second kappa shape index (κ2) is 5.47. The molecule has 0 saturated heterocycles. The molecule has 2 aromatic carbocycles. The zero-order valence-corrected chi connectivity index (χ0v) is 13.2. The summed E-state index contributed by atoms with van der Waals surface area (Å²) in [5.41, 5.74) is 3.15. The van der Waals surface area contributed by atoms with E-state index in [9.17, 15) is 13.6 Å². The van der Waals surface area contributed by atoms with Crippen LogP contribution in [0, 0.1) is 6.92 Å². The van der Waals surface area contributed by atoms with E-state index in [1.165, 1.54) is 18.2 Å². The van der Waals surface area contributed by atoms with Gasteiger partial charge in [0.25, 0.3) is 0 Å². The molecule has 1 aliphatic heterocycles. The number of halogens is 2. The van der Waals surface area contributed by atoms with Gasteiger partial charge in [-0.2, -0.15) is 0 Å². The van der Waals surface area contributed by atoms with Crippen molar-refractivity contribution in [2.24, 2.45) is 0 Å². The van der Waals surface area contributed by atoms with Crippen molar-refractivity contribution in [2.45, 2.75) is 19.6 Å². The van der Waals surface area contributed by atoms with Crippen molar-refractivity contribution in [1.29, 1.82) is 0 Å². The Morgan fingerprint density at radius 2 is 1.92 bits per heavy atom. The van der Waals surface area contributed by atoms with Crippen LogP contribution in [0.25, 0.3) is 10.9 Å². The lowest BCUT2D eigenvalue weighted by Crippen LogP contribution is -2.25. The minimum atomic E-state index is -3.67. The summed E-state index contributed by atoms with van der Waals surface area (Å²) in [6.07, 6.45) is -3.51. The predicted molar refractivity (Wildman–Crippen MR) is 88.0 cm³/mol. The average Bonchev–Trinajstić information content (AvgIpc) is 3.02. The van der Waals surface area contributed by atoms with Crippen molar-refractivity contribution in [3.8, 4) is 11.5 Å². The summed E-state index contributed by atoms with van der Waals surface area (Å²) in [7, 11) is 0. The predicted octanol–water partition coefficient (Wildman–Crippen LogP) is 3.98. The Balaban J connectivity index is 1.52. The van der Waals surface area contributed by atoms with Gasteiger partial charge in [-0.3, -0.25) is 4.79 Å². The van der Waals surface area contributed by atoms with E-state index in [4.69, 9.17) is 0 Å². The largest absolute Gasteiger partial charge is 0.586 e. The number of ether oxygens (including phenoxy) is 2. The zero-order valence-electron chi connectivity index (χ0n) is 13.2. The Labute approximate surface area is 141 Å². The van der Waals surface area contributed by atoms with Crippen LogP contribution in [-0.4, -0.2) is 17.2 Å². The quantitative estimate of drug-likeness (QED) is 0.755. The molecular formula is C18H14F2N2O3. The number of hydrogen-bond acceptors (Lipinski definition) is 3. The highest BCUT2D eigenvalue weighted by Crippen LogP contribution is 2.42. The number of aromatic nitrogens is 1. The van der Waals surface area contributed by atoms with Crippen LogP contribution in [0.3, 0.4) is 0 Å². The molecule has 2 N–H and O–H groups in total. The van der Waals surface area contributed by atoms with Gasteiger partial charge in [0.15, 0.2) is 11.5 Å². The Morgan fingerprint density at radius 3 is 2.76 bits per heavy atom. The molecule has 3 aromatic rings. The number of nitrogens with one attached hydrogen (secondary N) is 2. The number of amides is 1. The lowest BCUT2D eigenvalue weighted by atomic mass is 10.1. The minimum absolute atomic E-state index is 0.0597. The molecule has 7 heteroatoms. The van der Waals surface area contributed by atoms with Crippen molar-refractivity contribution in [1.82, 2.24) is 4.98 Å². The molecule has 0 aliphatic carbocycles.